The maximum absolute atomic E-state index is 12.7. The summed E-state index contributed by atoms with van der Waals surface area (Å²) in [7, 11) is 1.55. The van der Waals surface area contributed by atoms with Crippen LogP contribution in [0.5, 0.6) is 11.5 Å². The molecule has 3 heterocycles. The number of carbonyl (C=O) groups excluding carboxylic acids is 1. The molecule has 0 saturated carbocycles. The summed E-state index contributed by atoms with van der Waals surface area (Å²) in [4.78, 5) is 29.3. The first-order chi connectivity index (χ1) is 16.6. The fourth-order valence-corrected chi connectivity index (χ4v) is 3.70. The van der Waals surface area contributed by atoms with Crippen LogP contribution in [-0.2, 0) is 17.9 Å². The summed E-state index contributed by atoms with van der Waals surface area (Å²) in [6, 6.07) is 18.0. The minimum atomic E-state index is -0.294. The lowest BCUT2D eigenvalue weighted by atomic mass is 10.2. The average Bonchev–Trinajstić information content (AvgIpc) is 3.28. The monoisotopic (exact) mass is 455 g/mol. The van der Waals surface area contributed by atoms with Crippen molar-refractivity contribution in [3.8, 4) is 11.5 Å². The molecule has 2 aromatic carbocycles. The van der Waals surface area contributed by atoms with Gasteiger partial charge < -0.3 is 19.2 Å². The molecule has 0 aliphatic rings. The third-order valence-electron chi connectivity index (χ3n) is 5.29. The number of para-hydroxylation sites is 1. The topological polar surface area (TPSA) is 99.8 Å². The van der Waals surface area contributed by atoms with Gasteiger partial charge in [0.25, 0.3) is 0 Å². The molecule has 3 aromatic heterocycles. The van der Waals surface area contributed by atoms with Gasteiger partial charge in [0.15, 0.2) is 11.5 Å². The zero-order valence-electron chi connectivity index (χ0n) is 18.3. The highest BCUT2D eigenvalue weighted by Crippen LogP contribution is 2.31. The van der Waals surface area contributed by atoms with Gasteiger partial charge in [-0.3, -0.25) is 14.3 Å². The first kappa shape index (κ1) is 21.2. The smallest absolute Gasteiger partial charge is 0.246 e. The minimum Gasteiger partial charge on any atom is -0.493 e. The molecule has 0 saturated heterocycles. The SMILES string of the molecule is COc1ccc(NC(=O)Cn2ncc(=O)c3ccccc32)cc1OCc1cn2ccccc2n1. The molecule has 0 fully saturated rings. The molecule has 170 valence electrons. The van der Waals surface area contributed by atoms with Crippen LogP contribution in [0.15, 0.2) is 84.0 Å². The highest BCUT2D eigenvalue weighted by Gasteiger charge is 2.12. The lowest BCUT2D eigenvalue weighted by Gasteiger charge is -2.13. The average molecular weight is 455 g/mol. The van der Waals surface area contributed by atoms with Crippen LogP contribution in [0.2, 0.25) is 0 Å². The van der Waals surface area contributed by atoms with E-state index in [0.717, 1.165) is 11.3 Å². The molecular weight excluding hydrogens is 434 g/mol. The van der Waals surface area contributed by atoms with Gasteiger partial charge in [0.2, 0.25) is 11.3 Å². The molecule has 9 nitrogen and oxygen atoms in total. The molecule has 0 atom stereocenters. The number of rotatable bonds is 7. The van der Waals surface area contributed by atoms with Crippen LogP contribution in [0.25, 0.3) is 16.6 Å². The van der Waals surface area contributed by atoms with Gasteiger partial charge in [-0.15, -0.1) is 0 Å². The van der Waals surface area contributed by atoms with Crippen molar-refractivity contribution >= 4 is 28.1 Å². The van der Waals surface area contributed by atoms with Crippen LogP contribution in [0.3, 0.4) is 0 Å². The number of methoxy groups -OCH3 is 1. The second-order valence-corrected chi connectivity index (χ2v) is 7.58. The maximum Gasteiger partial charge on any atom is 0.246 e. The number of amides is 1. The second-order valence-electron chi connectivity index (χ2n) is 7.58. The number of nitrogens with zero attached hydrogens (tertiary/aromatic N) is 4. The predicted octanol–water partition coefficient (Wildman–Crippen LogP) is 3.27. The first-order valence-electron chi connectivity index (χ1n) is 10.6. The van der Waals surface area contributed by atoms with Crippen LogP contribution in [-0.4, -0.2) is 32.2 Å². The summed E-state index contributed by atoms with van der Waals surface area (Å²) in [6.07, 6.45) is 5.03. The number of carbonyl (C=O) groups is 1. The zero-order valence-corrected chi connectivity index (χ0v) is 18.3. The third kappa shape index (κ3) is 4.31. The Balaban J connectivity index is 1.31. The second kappa shape index (κ2) is 9.07. The number of hydrogen-bond acceptors (Lipinski definition) is 6. The quantitative estimate of drug-likeness (QED) is 0.404. The molecule has 34 heavy (non-hydrogen) atoms. The van der Waals surface area contributed by atoms with E-state index in [0.29, 0.717) is 28.1 Å². The number of pyridine rings is 1. The van der Waals surface area contributed by atoms with Crippen LogP contribution >= 0.6 is 0 Å². The Hall–Kier alpha value is -4.66. The number of nitrogens with one attached hydrogen (secondary N) is 1. The van der Waals surface area contributed by atoms with Crippen molar-refractivity contribution in [3.05, 3.63) is 95.2 Å². The van der Waals surface area contributed by atoms with Crippen LogP contribution in [0.4, 0.5) is 5.69 Å². The Morgan fingerprint density at radius 3 is 2.76 bits per heavy atom. The Morgan fingerprint density at radius 2 is 1.91 bits per heavy atom. The number of fused-ring (bicyclic) bond motifs is 2. The number of benzene rings is 2. The summed E-state index contributed by atoms with van der Waals surface area (Å²) in [5, 5.41) is 7.46. The summed E-state index contributed by atoms with van der Waals surface area (Å²) in [5.74, 6) is 0.719. The van der Waals surface area contributed by atoms with Crippen LogP contribution < -0.4 is 20.2 Å². The molecule has 1 N–H and O–H groups in total. The standard InChI is InChI=1S/C25H21N5O4/c1-33-22-10-9-17(12-23(22)34-16-18-14-29-11-5-4-8-24(29)27-18)28-25(32)15-30-20-7-3-2-6-19(20)21(31)13-26-30/h2-14H,15-16H2,1H3,(H,28,32). The largest absolute Gasteiger partial charge is 0.493 e. The lowest BCUT2D eigenvalue weighted by Crippen LogP contribution is -2.22. The van der Waals surface area contributed by atoms with Gasteiger partial charge in [-0.25, -0.2) is 4.98 Å². The lowest BCUT2D eigenvalue weighted by molar-refractivity contribution is -0.116. The van der Waals surface area contributed by atoms with Gasteiger partial charge in [0.1, 0.15) is 18.8 Å². The summed E-state index contributed by atoms with van der Waals surface area (Å²) in [5.41, 5.74) is 2.55. The molecule has 1 amide bonds. The maximum atomic E-state index is 12.7. The van der Waals surface area contributed by atoms with E-state index in [1.807, 2.05) is 35.0 Å². The summed E-state index contributed by atoms with van der Waals surface area (Å²) >= 11 is 0. The van der Waals surface area contributed by atoms with E-state index in [1.165, 1.54) is 10.9 Å². The van der Waals surface area contributed by atoms with Crippen LogP contribution in [0, 0.1) is 0 Å². The molecule has 0 radical (unpaired) electrons. The highest BCUT2D eigenvalue weighted by atomic mass is 16.5. The molecule has 5 rings (SSSR count). The number of hydrogen-bond donors (Lipinski definition) is 1. The highest BCUT2D eigenvalue weighted by molar-refractivity contribution is 5.92. The van der Waals surface area contributed by atoms with E-state index in [1.54, 1.807) is 49.6 Å². The van der Waals surface area contributed by atoms with E-state index < -0.39 is 0 Å². The predicted molar refractivity (Wildman–Crippen MR) is 127 cm³/mol. The fraction of sp³-hybridized carbons (Fsp3) is 0.120. The fourth-order valence-electron chi connectivity index (χ4n) is 3.70. The summed E-state index contributed by atoms with van der Waals surface area (Å²) < 4.78 is 14.8. The Morgan fingerprint density at radius 1 is 1.06 bits per heavy atom. The van der Waals surface area contributed by atoms with Crippen molar-refractivity contribution in [1.82, 2.24) is 19.2 Å². The Labute approximate surface area is 194 Å². The number of ether oxygens (including phenoxy) is 2. The van der Waals surface area contributed by atoms with E-state index in [2.05, 4.69) is 15.4 Å². The van der Waals surface area contributed by atoms with E-state index in [9.17, 15) is 9.59 Å². The molecule has 0 unspecified atom stereocenters. The minimum absolute atomic E-state index is 0.0513. The van der Waals surface area contributed by atoms with Crippen molar-refractivity contribution in [1.29, 1.82) is 0 Å². The molecular formula is C25H21N5O4. The van der Waals surface area contributed by atoms with Gasteiger partial charge in [0.05, 0.1) is 24.5 Å². The summed E-state index contributed by atoms with van der Waals surface area (Å²) in [6.45, 7) is 0.188. The third-order valence-corrected chi connectivity index (χ3v) is 5.29. The van der Waals surface area contributed by atoms with Gasteiger partial charge in [-0.1, -0.05) is 18.2 Å². The van der Waals surface area contributed by atoms with Crippen molar-refractivity contribution in [2.75, 3.05) is 12.4 Å². The Kier molecular flexibility index (Phi) is 5.65. The van der Waals surface area contributed by atoms with Gasteiger partial charge >= 0.3 is 0 Å². The van der Waals surface area contributed by atoms with Gasteiger partial charge in [0, 0.05) is 29.5 Å². The number of aromatic nitrogens is 4. The van der Waals surface area contributed by atoms with Crippen molar-refractivity contribution in [3.63, 3.8) is 0 Å². The van der Waals surface area contributed by atoms with Gasteiger partial charge in [-0.05, 0) is 36.4 Å². The molecule has 0 bridgehead atoms. The first-order valence-corrected chi connectivity index (χ1v) is 10.6. The zero-order chi connectivity index (χ0) is 23.5. The van der Waals surface area contributed by atoms with Crippen molar-refractivity contribution in [2.45, 2.75) is 13.2 Å². The van der Waals surface area contributed by atoms with Gasteiger partial charge in [-0.2, -0.15) is 5.10 Å². The number of imidazole rings is 1. The van der Waals surface area contributed by atoms with Crippen molar-refractivity contribution in [2.24, 2.45) is 0 Å². The van der Waals surface area contributed by atoms with E-state index >= 15 is 0 Å². The van der Waals surface area contributed by atoms with E-state index in [4.69, 9.17) is 9.47 Å². The van der Waals surface area contributed by atoms with E-state index in [-0.39, 0.29) is 24.5 Å². The van der Waals surface area contributed by atoms with Crippen molar-refractivity contribution < 1.29 is 14.3 Å². The molecule has 0 spiro atoms. The molecule has 0 aliphatic heterocycles. The number of anilines is 1. The Bertz CT molecular complexity index is 1520. The molecule has 9 heteroatoms. The normalized spacial score (nSPS) is 11.0. The van der Waals surface area contributed by atoms with Crippen LogP contribution in [0.1, 0.15) is 5.69 Å². The molecule has 0 aliphatic carbocycles. The molecule has 5 aromatic rings.